The first-order chi connectivity index (χ1) is 6.81. The lowest BCUT2D eigenvalue weighted by molar-refractivity contribution is 0.416. The Morgan fingerprint density at radius 2 is 1.93 bits per heavy atom. The number of methoxy groups -OCH3 is 1. The lowest BCUT2D eigenvalue weighted by Gasteiger charge is -1.99. The molecule has 72 valence electrons. The summed E-state index contributed by atoms with van der Waals surface area (Å²) in [5.41, 5.74) is 1.96. The van der Waals surface area contributed by atoms with Gasteiger partial charge in [-0.15, -0.1) is 0 Å². The molecule has 0 saturated heterocycles. The molecule has 0 bridgehead atoms. The van der Waals surface area contributed by atoms with E-state index in [1.54, 1.807) is 11.8 Å². The number of hydrogen-bond acceptors (Lipinski definition) is 2. The van der Waals surface area contributed by atoms with Crippen LogP contribution in [0.4, 0.5) is 0 Å². The molecule has 0 unspecified atom stereocenters. The fraction of sp³-hybridized carbons (Fsp3) is 0.182. The molecule has 0 saturated carbocycles. The molecule has 3 nitrogen and oxygen atoms in total. The zero-order valence-corrected chi connectivity index (χ0v) is 8.27. The van der Waals surface area contributed by atoms with Gasteiger partial charge in [0.2, 0.25) is 0 Å². The molecule has 3 heteroatoms. The van der Waals surface area contributed by atoms with Crippen molar-refractivity contribution < 1.29 is 4.74 Å². The molecule has 14 heavy (non-hydrogen) atoms. The molecule has 0 aliphatic heterocycles. The van der Waals surface area contributed by atoms with Crippen LogP contribution in [0.25, 0.3) is 11.3 Å². The topological polar surface area (TPSA) is 27.1 Å². The van der Waals surface area contributed by atoms with Gasteiger partial charge in [0.05, 0.1) is 13.3 Å². The lowest BCUT2D eigenvalue weighted by atomic mass is 10.1. The van der Waals surface area contributed by atoms with Gasteiger partial charge >= 0.3 is 0 Å². The van der Waals surface area contributed by atoms with Crippen molar-refractivity contribution in [1.82, 2.24) is 9.78 Å². The largest absolute Gasteiger partial charge is 0.493 e. The van der Waals surface area contributed by atoms with Crippen molar-refractivity contribution in [3.8, 4) is 17.0 Å². The van der Waals surface area contributed by atoms with Gasteiger partial charge in [-0.05, 0) is 0 Å². The van der Waals surface area contributed by atoms with Gasteiger partial charge in [-0.3, -0.25) is 4.68 Å². The van der Waals surface area contributed by atoms with Crippen LogP contribution in [0.15, 0.2) is 36.5 Å². The van der Waals surface area contributed by atoms with E-state index in [2.05, 4.69) is 5.10 Å². The minimum atomic E-state index is 0.804. The van der Waals surface area contributed by atoms with E-state index in [4.69, 9.17) is 4.74 Å². The molecule has 0 aliphatic carbocycles. The van der Waals surface area contributed by atoms with Crippen LogP contribution in [0.3, 0.4) is 0 Å². The van der Waals surface area contributed by atoms with E-state index < -0.39 is 0 Å². The standard InChI is InChI=1S/C11H12N2O/c1-13-8-10(14-2)11(12-13)9-6-4-3-5-7-9/h3-8H,1-2H3. The molecule has 0 atom stereocenters. The number of aromatic nitrogens is 2. The lowest BCUT2D eigenvalue weighted by Crippen LogP contribution is -1.87. The van der Waals surface area contributed by atoms with Crippen molar-refractivity contribution in [1.29, 1.82) is 0 Å². The fourth-order valence-electron chi connectivity index (χ4n) is 1.41. The number of benzene rings is 1. The third-order valence-electron chi connectivity index (χ3n) is 2.06. The van der Waals surface area contributed by atoms with Gasteiger partial charge in [0.1, 0.15) is 5.69 Å². The number of ether oxygens (including phenoxy) is 1. The smallest absolute Gasteiger partial charge is 0.164 e. The van der Waals surface area contributed by atoms with Gasteiger partial charge in [0, 0.05) is 12.6 Å². The number of hydrogen-bond donors (Lipinski definition) is 0. The minimum Gasteiger partial charge on any atom is -0.493 e. The summed E-state index contributed by atoms with van der Waals surface area (Å²) in [6.07, 6.45) is 1.86. The van der Waals surface area contributed by atoms with E-state index in [0.717, 1.165) is 17.0 Å². The van der Waals surface area contributed by atoms with Crippen LogP contribution in [0.5, 0.6) is 5.75 Å². The summed E-state index contributed by atoms with van der Waals surface area (Å²) in [7, 11) is 3.54. The predicted octanol–water partition coefficient (Wildman–Crippen LogP) is 2.10. The SMILES string of the molecule is COc1cn(C)nc1-c1ccccc1. The Labute approximate surface area is 82.9 Å². The van der Waals surface area contributed by atoms with Crippen LogP contribution in [0.2, 0.25) is 0 Å². The first-order valence-corrected chi connectivity index (χ1v) is 4.44. The van der Waals surface area contributed by atoms with Crippen LogP contribution < -0.4 is 4.74 Å². The molecular formula is C11H12N2O. The number of rotatable bonds is 2. The molecular weight excluding hydrogens is 176 g/mol. The van der Waals surface area contributed by atoms with Gasteiger partial charge in [0.15, 0.2) is 5.75 Å². The van der Waals surface area contributed by atoms with Crippen molar-refractivity contribution in [2.75, 3.05) is 7.11 Å². The molecule has 0 radical (unpaired) electrons. The van der Waals surface area contributed by atoms with Crippen LogP contribution in [-0.4, -0.2) is 16.9 Å². The van der Waals surface area contributed by atoms with Crippen molar-refractivity contribution in [2.24, 2.45) is 7.05 Å². The maximum Gasteiger partial charge on any atom is 0.164 e. The Morgan fingerprint density at radius 1 is 1.21 bits per heavy atom. The minimum absolute atomic E-state index is 0.804. The molecule has 1 aromatic heterocycles. The zero-order chi connectivity index (χ0) is 9.97. The van der Waals surface area contributed by atoms with Crippen LogP contribution >= 0.6 is 0 Å². The second-order valence-corrected chi connectivity index (χ2v) is 3.09. The number of nitrogens with zero attached hydrogens (tertiary/aromatic N) is 2. The van der Waals surface area contributed by atoms with Gasteiger partial charge < -0.3 is 4.74 Å². The van der Waals surface area contributed by atoms with Crippen LogP contribution in [-0.2, 0) is 7.05 Å². The summed E-state index contributed by atoms with van der Waals surface area (Å²) >= 11 is 0. The van der Waals surface area contributed by atoms with Crippen molar-refractivity contribution in [2.45, 2.75) is 0 Å². The quantitative estimate of drug-likeness (QED) is 0.721. The van der Waals surface area contributed by atoms with Gasteiger partial charge in [-0.2, -0.15) is 5.10 Å². The number of aryl methyl sites for hydroxylation is 1. The Bertz CT molecular complexity index is 420. The third-order valence-corrected chi connectivity index (χ3v) is 2.06. The van der Waals surface area contributed by atoms with Crippen LogP contribution in [0.1, 0.15) is 0 Å². The molecule has 0 spiro atoms. The predicted molar refractivity (Wildman–Crippen MR) is 55.2 cm³/mol. The molecule has 1 heterocycles. The Morgan fingerprint density at radius 3 is 2.57 bits per heavy atom. The summed E-state index contributed by atoms with van der Waals surface area (Å²) in [6.45, 7) is 0. The average Bonchev–Trinajstić information content (AvgIpc) is 2.61. The van der Waals surface area contributed by atoms with Crippen molar-refractivity contribution >= 4 is 0 Å². The first-order valence-electron chi connectivity index (χ1n) is 4.44. The zero-order valence-electron chi connectivity index (χ0n) is 8.27. The Kier molecular flexibility index (Phi) is 2.23. The highest BCUT2D eigenvalue weighted by Crippen LogP contribution is 2.27. The summed E-state index contributed by atoms with van der Waals surface area (Å²) in [5.74, 6) is 0.804. The maximum atomic E-state index is 5.24. The molecule has 2 aromatic rings. The first kappa shape index (κ1) is 8.81. The highest BCUT2D eigenvalue weighted by molar-refractivity contribution is 5.65. The highest BCUT2D eigenvalue weighted by atomic mass is 16.5. The van der Waals surface area contributed by atoms with E-state index in [0.29, 0.717) is 0 Å². The highest BCUT2D eigenvalue weighted by Gasteiger charge is 2.08. The normalized spacial score (nSPS) is 10.1. The molecule has 1 aromatic carbocycles. The third kappa shape index (κ3) is 1.48. The van der Waals surface area contributed by atoms with Gasteiger partial charge in [0.25, 0.3) is 0 Å². The Hall–Kier alpha value is -1.77. The summed E-state index contributed by atoms with van der Waals surface area (Å²) < 4.78 is 6.99. The van der Waals surface area contributed by atoms with Gasteiger partial charge in [-0.1, -0.05) is 30.3 Å². The van der Waals surface area contributed by atoms with E-state index in [1.807, 2.05) is 43.6 Å². The van der Waals surface area contributed by atoms with Gasteiger partial charge in [-0.25, -0.2) is 0 Å². The Balaban J connectivity index is 2.51. The van der Waals surface area contributed by atoms with Crippen molar-refractivity contribution in [3.63, 3.8) is 0 Å². The van der Waals surface area contributed by atoms with E-state index in [1.165, 1.54) is 0 Å². The van der Waals surface area contributed by atoms with E-state index in [-0.39, 0.29) is 0 Å². The van der Waals surface area contributed by atoms with Crippen LogP contribution in [0, 0.1) is 0 Å². The maximum absolute atomic E-state index is 5.24. The fourth-order valence-corrected chi connectivity index (χ4v) is 1.41. The molecule has 0 N–H and O–H groups in total. The monoisotopic (exact) mass is 188 g/mol. The van der Waals surface area contributed by atoms with E-state index >= 15 is 0 Å². The average molecular weight is 188 g/mol. The second-order valence-electron chi connectivity index (χ2n) is 3.09. The molecule has 0 aliphatic rings. The summed E-state index contributed by atoms with van der Waals surface area (Å²) in [4.78, 5) is 0. The molecule has 0 fully saturated rings. The van der Waals surface area contributed by atoms with E-state index in [9.17, 15) is 0 Å². The summed E-state index contributed by atoms with van der Waals surface area (Å²) in [6, 6.07) is 10.0. The second kappa shape index (κ2) is 3.54. The van der Waals surface area contributed by atoms with Crippen molar-refractivity contribution in [3.05, 3.63) is 36.5 Å². The summed E-state index contributed by atoms with van der Waals surface area (Å²) in [5, 5.41) is 4.34. The molecule has 0 amide bonds. The molecule has 2 rings (SSSR count).